The van der Waals surface area contributed by atoms with E-state index in [1.54, 1.807) is 15.9 Å². The summed E-state index contributed by atoms with van der Waals surface area (Å²) in [6, 6.07) is 5.94. The normalized spacial score (nSPS) is 15.4. The predicted molar refractivity (Wildman–Crippen MR) is 87.6 cm³/mol. The molecule has 2 amide bonds. The van der Waals surface area contributed by atoms with E-state index in [1.165, 1.54) is 25.3 Å². The Morgan fingerprint density at radius 2 is 1.88 bits per heavy atom. The fraction of sp³-hybridized carbons (Fsp3) is 0.353. The summed E-state index contributed by atoms with van der Waals surface area (Å²) in [5.41, 5.74) is -1.16. The maximum atomic E-state index is 12.7. The molecule has 0 spiro atoms. The Morgan fingerprint density at radius 3 is 2.42 bits per heavy atom. The van der Waals surface area contributed by atoms with Crippen molar-refractivity contribution in [1.82, 2.24) is 9.80 Å². The number of carbonyl (C=O) groups excluding carboxylic acids is 2. The molecule has 0 aromatic heterocycles. The van der Waals surface area contributed by atoms with Gasteiger partial charge in [-0.15, -0.1) is 0 Å². The highest BCUT2D eigenvalue weighted by Crippen LogP contribution is 2.30. The SMILES string of the molecule is CC(=O)N1CCN(/C=C(/C#N)C(=O)Nc2cccc(C(F)(F)F)c2)CC1. The summed E-state index contributed by atoms with van der Waals surface area (Å²) in [4.78, 5) is 26.8. The molecule has 0 atom stereocenters. The van der Waals surface area contributed by atoms with Crippen molar-refractivity contribution in [2.45, 2.75) is 13.1 Å². The average molecular weight is 366 g/mol. The van der Waals surface area contributed by atoms with Gasteiger partial charge in [-0.3, -0.25) is 9.59 Å². The number of carbonyl (C=O) groups is 2. The van der Waals surface area contributed by atoms with Gasteiger partial charge in [0.1, 0.15) is 11.6 Å². The fourth-order valence-corrected chi connectivity index (χ4v) is 2.46. The van der Waals surface area contributed by atoms with E-state index in [-0.39, 0.29) is 17.2 Å². The monoisotopic (exact) mass is 366 g/mol. The number of hydrogen-bond acceptors (Lipinski definition) is 4. The van der Waals surface area contributed by atoms with E-state index in [4.69, 9.17) is 0 Å². The van der Waals surface area contributed by atoms with Crippen molar-refractivity contribution in [2.24, 2.45) is 0 Å². The van der Waals surface area contributed by atoms with Crippen LogP contribution in [-0.2, 0) is 15.8 Å². The molecule has 1 saturated heterocycles. The van der Waals surface area contributed by atoms with Crippen molar-refractivity contribution in [3.63, 3.8) is 0 Å². The van der Waals surface area contributed by atoms with E-state index >= 15 is 0 Å². The number of piperazine rings is 1. The van der Waals surface area contributed by atoms with E-state index in [0.717, 1.165) is 12.1 Å². The molecule has 1 heterocycles. The van der Waals surface area contributed by atoms with Crippen LogP contribution < -0.4 is 5.32 Å². The molecule has 1 aliphatic rings. The molecule has 1 aliphatic heterocycles. The van der Waals surface area contributed by atoms with Crippen LogP contribution in [0.15, 0.2) is 36.0 Å². The van der Waals surface area contributed by atoms with Crippen LogP contribution in [0.1, 0.15) is 12.5 Å². The number of nitrogens with one attached hydrogen (secondary N) is 1. The maximum absolute atomic E-state index is 12.7. The molecular weight excluding hydrogens is 349 g/mol. The number of benzene rings is 1. The fourth-order valence-electron chi connectivity index (χ4n) is 2.46. The molecule has 9 heteroatoms. The number of hydrogen-bond donors (Lipinski definition) is 1. The van der Waals surface area contributed by atoms with Crippen LogP contribution in [0, 0.1) is 11.3 Å². The molecular formula is C17H17F3N4O2. The second kappa shape index (κ2) is 7.91. The summed E-state index contributed by atoms with van der Waals surface area (Å²) in [5.74, 6) is -0.836. The van der Waals surface area contributed by atoms with Crippen molar-refractivity contribution >= 4 is 17.5 Å². The van der Waals surface area contributed by atoms with Crippen molar-refractivity contribution in [1.29, 1.82) is 5.26 Å². The molecule has 138 valence electrons. The van der Waals surface area contributed by atoms with Crippen molar-refractivity contribution < 1.29 is 22.8 Å². The lowest BCUT2D eigenvalue weighted by atomic mass is 10.2. The minimum atomic E-state index is -4.52. The zero-order valence-corrected chi connectivity index (χ0v) is 14.0. The molecule has 0 saturated carbocycles. The summed E-state index contributed by atoms with van der Waals surface area (Å²) >= 11 is 0. The Hall–Kier alpha value is -3.02. The smallest absolute Gasteiger partial charge is 0.373 e. The van der Waals surface area contributed by atoms with Gasteiger partial charge in [-0.2, -0.15) is 18.4 Å². The van der Waals surface area contributed by atoms with Gasteiger partial charge in [0.05, 0.1) is 5.56 Å². The molecule has 1 aromatic rings. The molecule has 2 rings (SSSR count). The Kier molecular flexibility index (Phi) is 5.87. The largest absolute Gasteiger partial charge is 0.416 e. The van der Waals surface area contributed by atoms with Gasteiger partial charge in [-0.1, -0.05) is 6.07 Å². The zero-order valence-electron chi connectivity index (χ0n) is 14.0. The number of nitrogens with zero attached hydrogens (tertiary/aromatic N) is 3. The first kappa shape index (κ1) is 19.3. The van der Waals surface area contributed by atoms with Gasteiger partial charge in [-0.25, -0.2) is 0 Å². The Bertz CT molecular complexity index is 760. The number of alkyl halides is 3. The van der Waals surface area contributed by atoms with E-state index in [9.17, 15) is 28.0 Å². The minimum Gasteiger partial charge on any atom is -0.373 e. The van der Waals surface area contributed by atoms with Crippen molar-refractivity contribution in [2.75, 3.05) is 31.5 Å². The van der Waals surface area contributed by atoms with Gasteiger partial charge in [-0.05, 0) is 18.2 Å². The van der Waals surface area contributed by atoms with Crippen LogP contribution in [0.3, 0.4) is 0 Å². The quantitative estimate of drug-likeness (QED) is 0.657. The highest BCUT2D eigenvalue weighted by molar-refractivity contribution is 6.06. The van der Waals surface area contributed by atoms with Gasteiger partial charge in [0, 0.05) is 45.0 Å². The molecule has 0 radical (unpaired) electrons. The van der Waals surface area contributed by atoms with E-state index in [1.807, 2.05) is 0 Å². The zero-order chi connectivity index (χ0) is 19.3. The van der Waals surface area contributed by atoms with Gasteiger partial charge in [0.25, 0.3) is 5.91 Å². The van der Waals surface area contributed by atoms with Crippen LogP contribution in [-0.4, -0.2) is 47.8 Å². The first-order chi connectivity index (χ1) is 12.2. The third-order valence-corrected chi connectivity index (χ3v) is 3.88. The van der Waals surface area contributed by atoms with Gasteiger partial charge in [0.2, 0.25) is 5.91 Å². The van der Waals surface area contributed by atoms with Gasteiger partial charge >= 0.3 is 6.18 Å². The molecule has 0 bridgehead atoms. The van der Waals surface area contributed by atoms with Crippen LogP contribution >= 0.6 is 0 Å². The summed E-state index contributed by atoms with van der Waals surface area (Å²) in [6.45, 7) is 3.33. The summed E-state index contributed by atoms with van der Waals surface area (Å²) < 4.78 is 38.1. The van der Waals surface area contributed by atoms with E-state index < -0.39 is 17.6 Å². The standard InChI is InChI=1S/C17H17F3N4O2/c1-12(25)24-7-5-23(6-8-24)11-13(10-21)16(26)22-15-4-2-3-14(9-15)17(18,19)20/h2-4,9,11H,5-8H2,1H3,(H,22,26)/b13-11-. The minimum absolute atomic E-state index is 0.0450. The number of anilines is 1. The lowest BCUT2D eigenvalue weighted by Gasteiger charge is -2.33. The molecule has 26 heavy (non-hydrogen) atoms. The van der Waals surface area contributed by atoms with Gasteiger partial charge < -0.3 is 15.1 Å². The van der Waals surface area contributed by atoms with Crippen LogP contribution in [0.2, 0.25) is 0 Å². The van der Waals surface area contributed by atoms with Crippen molar-refractivity contribution in [3.05, 3.63) is 41.6 Å². The summed E-state index contributed by atoms with van der Waals surface area (Å²) in [6.07, 6.45) is -3.16. The Morgan fingerprint density at radius 1 is 1.23 bits per heavy atom. The molecule has 1 fully saturated rings. The second-order valence-corrected chi connectivity index (χ2v) is 5.73. The average Bonchev–Trinajstić information content (AvgIpc) is 2.59. The van der Waals surface area contributed by atoms with Crippen LogP contribution in [0.4, 0.5) is 18.9 Å². The third kappa shape index (κ3) is 4.99. The molecule has 1 N–H and O–H groups in total. The molecule has 1 aromatic carbocycles. The topological polar surface area (TPSA) is 76.4 Å². The van der Waals surface area contributed by atoms with Gasteiger partial charge in [0.15, 0.2) is 0 Å². The second-order valence-electron chi connectivity index (χ2n) is 5.73. The highest BCUT2D eigenvalue weighted by atomic mass is 19.4. The first-order valence-corrected chi connectivity index (χ1v) is 7.81. The Balaban J connectivity index is 2.06. The van der Waals surface area contributed by atoms with Crippen LogP contribution in [0.5, 0.6) is 0 Å². The summed E-state index contributed by atoms with van der Waals surface area (Å²) in [7, 11) is 0. The number of amides is 2. The molecule has 0 unspecified atom stereocenters. The lowest BCUT2D eigenvalue weighted by Crippen LogP contribution is -2.46. The lowest BCUT2D eigenvalue weighted by molar-refractivity contribution is -0.137. The number of halogens is 3. The van der Waals surface area contributed by atoms with E-state index in [2.05, 4.69) is 5.32 Å². The van der Waals surface area contributed by atoms with Crippen LogP contribution in [0.25, 0.3) is 0 Å². The predicted octanol–water partition coefficient (Wildman–Crippen LogP) is 2.22. The third-order valence-electron chi connectivity index (χ3n) is 3.88. The number of rotatable bonds is 3. The summed E-state index contributed by atoms with van der Waals surface area (Å²) in [5, 5.41) is 11.5. The van der Waals surface area contributed by atoms with E-state index in [0.29, 0.717) is 26.2 Å². The molecule has 0 aliphatic carbocycles. The Labute approximate surface area is 148 Å². The highest BCUT2D eigenvalue weighted by Gasteiger charge is 2.30. The van der Waals surface area contributed by atoms with Crippen molar-refractivity contribution in [3.8, 4) is 6.07 Å². The number of nitriles is 1. The molecule has 6 nitrogen and oxygen atoms in total. The maximum Gasteiger partial charge on any atom is 0.416 e. The first-order valence-electron chi connectivity index (χ1n) is 7.81.